The van der Waals surface area contributed by atoms with Gasteiger partial charge in [-0.25, -0.2) is 0 Å². The highest BCUT2D eigenvalue weighted by atomic mass is 79.9. The summed E-state index contributed by atoms with van der Waals surface area (Å²) >= 11 is 3.28. The molecular formula is C11H10BrN3O2. The van der Waals surface area contributed by atoms with E-state index in [1.807, 2.05) is 0 Å². The number of carbonyl (C=O) groups is 1. The molecule has 6 heteroatoms. The molecule has 3 N–H and O–H groups in total. The summed E-state index contributed by atoms with van der Waals surface area (Å²) in [6.07, 6.45) is 0. The third-order valence-corrected chi connectivity index (χ3v) is 2.84. The number of aryl methyl sites for hydroxylation is 1. The summed E-state index contributed by atoms with van der Waals surface area (Å²) in [5.74, 6) is 0.258. The number of carbonyl (C=O) groups excluding carboxylic acids is 1. The second kappa shape index (κ2) is 4.58. The van der Waals surface area contributed by atoms with Gasteiger partial charge in [0.05, 0.1) is 0 Å². The van der Waals surface area contributed by atoms with Crippen molar-refractivity contribution >= 4 is 33.2 Å². The molecule has 0 fully saturated rings. The van der Waals surface area contributed by atoms with Crippen molar-refractivity contribution in [3.8, 4) is 0 Å². The molecule has 0 saturated carbocycles. The zero-order valence-corrected chi connectivity index (χ0v) is 10.6. The Labute approximate surface area is 106 Å². The number of anilines is 2. The van der Waals surface area contributed by atoms with Gasteiger partial charge in [0.1, 0.15) is 5.76 Å². The minimum Gasteiger partial charge on any atom is -0.398 e. The Kier molecular flexibility index (Phi) is 3.14. The first-order chi connectivity index (χ1) is 8.06. The number of halogens is 1. The smallest absolute Gasteiger partial charge is 0.277 e. The van der Waals surface area contributed by atoms with Crippen LogP contribution >= 0.6 is 15.9 Å². The summed E-state index contributed by atoms with van der Waals surface area (Å²) in [6.45, 7) is 1.72. The molecule has 1 aromatic heterocycles. The Morgan fingerprint density at radius 3 is 2.82 bits per heavy atom. The van der Waals surface area contributed by atoms with E-state index in [4.69, 9.17) is 10.3 Å². The first kappa shape index (κ1) is 11.7. The minimum absolute atomic E-state index is 0.240. The normalized spacial score (nSPS) is 10.2. The maximum atomic E-state index is 11.7. The first-order valence-corrected chi connectivity index (χ1v) is 5.65. The zero-order chi connectivity index (χ0) is 12.4. The first-order valence-electron chi connectivity index (χ1n) is 4.86. The predicted octanol–water partition coefficient (Wildman–Crippen LogP) is 2.58. The Morgan fingerprint density at radius 2 is 2.24 bits per heavy atom. The van der Waals surface area contributed by atoms with Gasteiger partial charge in [-0.3, -0.25) is 4.79 Å². The van der Waals surface area contributed by atoms with E-state index >= 15 is 0 Å². The quantitative estimate of drug-likeness (QED) is 0.835. The molecule has 2 aromatic rings. The van der Waals surface area contributed by atoms with Crippen molar-refractivity contribution in [3.63, 3.8) is 0 Å². The van der Waals surface area contributed by atoms with Crippen molar-refractivity contribution in [2.45, 2.75) is 6.92 Å². The fraction of sp³-hybridized carbons (Fsp3) is 0.0909. The van der Waals surface area contributed by atoms with Crippen LogP contribution in [0.2, 0.25) is 0 Å². The number of aromatic nitrogens is 1. The average Bonchev–Trinajstić information content (AvgIpc) is 2.70. The number of nitrogens with zero attached hydrogens (tertiary/aromatic N) is 1. The fourth-order valence-electron chi connectivity index (χ4n) is 1.29. The Bertz CT molecular complexity index is 566. The van der Waals surface area contributed by atoms with E-state index in [0.717, 1.165) is 4.47 Å². The van der Waals surface area contributed by atoms with E-state index in [9.17, 15) is 4.79 Å². The van der Waals surface area contributed by atoms with Gasteiger partial charge >= 0.3 is 0 Å². The lowest BCUT2D eigenvalue weighted by molar-refractivity contribution is 0.101. The van der Waals surface area contributed by atoms with Crippen LogP contribution in [0.1, 0.15) is 16.2 Å². The van der Waals surface area contributed by atoms with Crippen molar-refractivity contribution in [1.29, 1.82) is 0 Å². The highest BCUT2D eigenvalue weighted by molar-refractivity contribution is 9.10. The summed E-state index contributed by atoms with van der Waals surface area (Å²) in [7, 11) is 0. The van der Waals surface area contributed by atoms with Crippen molar-refractivity contribution < 1.29 is 9.32 Å². The minimum atomic E-state index is -0.330. The summed E-state index contributed by atoms with van der Waals surface area (Å²) < 4.78 is 5.61. The molecule has 88 valence electrons. The van der Waals surface area contributed by atoms with Crippen LogP contribution in [0.4, 0.5) is 11.4 Å². The highest BCUT2D eigenvalue weighted by Crippen LogP contribution is 2.23. The van der Waals surface area contributed by atoms with Crippen LogP contribution in [-0.4, -0.2) is 11.1 Å². The Hall–Kier alpha value is -1.82. The average molecular weight is 296 g/mol. The molecule has 1 aromatic carbocycles. The molecule has 1 heterocycles. The SMILES string of the molecule is Cc1cc(C(=O)Nc2ccc(Br)c(N)c2)no1. The molecule has 17 heavy (non-hydrogen) atoms. The highest BCUT2D eigenvalue weighted by Gasteiger charge is 2.11. The molecule has 0 atom stereocenters. The summed E-state index contributed by atoms with van der Waals surface area (Å²) in [4.78, 5) is 11.7. The maximum absolute atomic E-state index is 11.7. The third kappa shape index (κ3) is 2.65. The van der Waals surface area contributed by atoms with Crippen LogP contribution in [0.15, 0.2) is 33.3 Å². The molecule has 0 aliphatic carbocycles. The van der Waals surface area contributed by atoms with Crippen LogP contribution < -0.4 is 11.1 Å². The number of amides is 1. The van der Waals surface area contributed by atoms with Crippen LogP contribution in [0.25, 0.3) is 0 Å². The maximum Gasteiger partial charge on any atom is 0.277 e. The van der Waals surface area contributed by atoms with Crippen molar-refractivity contribution in [1.82, 2.24) is 5.16 Å². The molecule has 0 aliphatic heterocycles. The monoisotopic (exact) mass is 295 g/mol. The van der Waals surface area contributed by atoms with Gasteiger partial charge in [0.15, 0.2) is 5.69 Å². The van der Waals surface area contributed by atoms with Crippen LogP contribution in [0, 0.1) is 6.92 Å². The molecular weight excluding hydrogens is 286 g/mol. The predicted molar refractivity (Wildman–Crippen MR) is 67.7 cm³/mol. The second-order valence-corrected chi connectivity index (χ2v) is 4.37. The largest absolute Gasteiger partial charge is 0.398 e. The van der Waals surface area contributed by atoms with Gasteiger partial charge in [0, 0.05) is 21.9 Å². The topological polar surface area (TPSA) is 81.2 Å². The lowest BCUT2D eigenvalue weighted by Gasteiger charge is -2.04. The number of hydrogen-bond donors (Lipinski definition) is 2. The third-order valence-electron chi connectivity index (χ3n) is 2.11. The molecule has 0 spiro atoms. The van der Waals surface area contributed by atoms with Gasteiger partial charge in [-0.2, -0.15) is 0 Å². The number of nitrogens with one attached hydrogen (secondary N) is 1. The lowest BCUT2D eigenvalue weighted by Crippen LogP contribution is -2.12. The number of nitrogens with two attached hydrogens (primary N) is 1. The van der Waals surface area contributed by atoms with Gasteiger partial charge in [-0.05, 0) is 41.1 Å². The van der Waals surface area contributed by atoms with Crippen molar-refractivity contribution in [3.05, 3.63) is 40.2 Å². The molecule has 0 aliphatic rings. The van der Waals surface area contributed by atoms with E-state index in [0.29, 0.717) is 17.1 Å². The lowest BCUT2D eigenvalue weighted by atomic mass is 10.2. The number of hydrogen-bond acceptors (Lipinski definition) is 4. The van der Waals surface area contributed by atoms with Crippen LogP contribution in [0.3, 0.4) is 0 Å². The van der Waals surface area contributed by atoms with Crippen LogP contribution in [-0.2, 0) is 0 Å². The van der Waals surface area contributed by atoms with Crippen molar-refractivity contribution in [2.24, 2.45) is 0 Å². The Morgan fingerprint density at radius 1 is 1.47 bits per heavy atom. The Balaban J connectivity index is 2.15. The van der Waals surface area contributed by atoms with Crippen LogP contribution in [0.5, 0.6) is 0 Å². The van der Waals surface area contributed by atoms with Gasteiger partial charge in [0.2, 0.25) is 0 Å². The number of nitrogen functional groups attached to an aromatic ring is 1. The van der Waals surface area contributed by atoms with E-state index in [1.165, 1.54) is 0 Å². The van der Waals surface area contributed by atoms with E-state index in [1.54, 1.807) is 31.2 Å². The van der Waals surface area contributed by atoms with E-state index < -0.39 is 0 Å². The van der Waals surface area contributed by atoms with Gasteiger partial charge in [-0.15, -0.1) is 0 Å². The molecule has 0 radical (unpaired) electrons. The number of benzene rings is 1. The molecule has 0 bridgehead atoms. The second-order valence-electron chi connectivity index (χ2n) is 3.51. The van der Waals surface area contributed by atoms with Gasteiger partial charge in [-0.1, -0.05) is 5.16 Å². The summed E-state index contributed by atoms with van der Waals surface area (Å²) in [5, 5.41) is 6.30. The number of rotatable bonds is 2. The molecule has 1 amide bonds. The molecule has 2 rings (SSSR count). The molecule has 0 unspecified atom stereocenters. The van der Waals surface area contributed by atoms with Gasteiger partial charge < -0.3 is 15.6 Å². The fourth-order valence-corrected chi connectivity index (χ4v) is 1.54. The molecule has 5 nitrogen and oxygen atoms in total. The van der Waals surface area contributed by atoms with E-state index in [2.05, 4.69) is 26.4 Å². The van der Waals surface area contributed by atoms with E-state index in [-0.39, 0.29) is 11.6 Å². The standard InChI is InChI=1S/C11H10BrN3O2/c1-6-4-10(15-17-6)11(16)14-7-2-3-8(12)9(13)5-7/h2-5H,13H2,1H3,(H,14,16). The molecule has 0 saturated heterocycles. The summed E-state index contributed by atoms with van der Waals surface area (Å²) in [5.41, 5.74) is 7.11. The summed E-state index contributed by atoms with van der Waals surface area (Å²) in [6, 6.07) is 6.73. The zero-order valence-electron chi connectivity index (χ0n) is 9.03. The van der Waals surface area contributed by atoms with Gasteiger partial charge in [0.25, 0.3) is 5.91 Å². The van der Waals surface area contributed by atoms with Crippen molar-refractivity contribution in [2.75, 3.05) is 11.1 Å².